The van der Waals surface area contributed by atoms with E-state index in [4.69, 9.17) is 4.74 Å². The Morgan fingerprint density at radius 2 is 1.83 bits per heavy atom. The van der Waals surface area contributed by atoms with Crippen LogP contribution in [0, 0.1) is 0 Å². The van der Waals surface area contributed by atoms with Crippen molar-refractivity contribution in [2.75, 3.05) is 6.54 Å². The Kier molecular flexibility index (Phi) is 6.50. The van der Waals surface area contributed by atoms with Crippen LogP contribution < -0.4 is 4.74 Å². The summed E-state index contributed by atoms with van der Waals surface area (Å²) >= 11 is 3.57. The van der Waals surface area contributed by atoms with E-state index in [1.165, 1.54) is 0 Å². The van der Waals surface area contributed by atoms with Crippen LogP contribution in [0.3, 0.4) is 0 Å². The third kappa shape index (κ3) is 4.58. The zero-order valence-electron chi connectivity index (χ0n) is 16.6. The number of nitrogens with zero attached hydrogens (tertiary/aromatic N) is 1. The molecule has 1 fully saturated rings. The van der Waals surface area contributed by atoms with E-state index in [9.17, 15) is 9.90 Å². The van der Waals surface area contributed by atoms with Crippen LogP contribution >= 0.6 is 15.9 Å². The second-order valence-corrected chi connectivity index (χ2v) is 8.42. The maximum absolute atomic E-state index is 12.0. The summed E-state index contributed by atoms with van der Waals surface area (Å²) in [4.78, 5) is 14.1. The molecular weight excluding hydrogens is 442 g/mol. The summed E-state index contributed by atoms with van der Waals surface area (Å²) in [6.07, 6.45) is 1.53. The van der Waals surface area contributed by atoms with Crippen molar-refractivity contribution in [2.45, 2.75) is 31.5 Å². The highest BCUT2D eigenvalue weighted by Gasteiger charge is 2.37. The number of carbonyl (C=O) groups is 1. The number of benzene rings is 3. The number of halogens is 1. The van der Waals surface area contributed by atoms with Crippen LogP contribution in [-0.4, -0.2) is 28.6 Å². The lowest BCUT2D eigenvalue weighted by Crippen LogP contribution is -2.39. The Balaban J connectivity index is 1.73. The topological polar surface area (TPSA) is 49.8 Å². The summed E-state index contributed by atoms with van der Waals surface area (Å²) in [7, 11) is 0. The van der Waals surface area contributed by atoms with Gasteiger partial charge in [-0.1, -0.05) is 76.6 Å². The molecule has 0 radical (unpaired) electrons. The molecule has 0 saturated carbocycles. The zero-order valence-corrected chi connectivity index (χ0v) is 18.2. The number of likely N-dealkylation sites (tertiary alicyclic amines) is 1. The zero-order chi connectivity index (χ0) is 20.9. The third-order valence-corrected chi connectivity index (χ3v) is 6.02. The molecule has 1 N–H and O–H groups in total. The van der Waals surface area contributed by atoms with E-state index in [0.29, 0.717) is 13.0 Å². The number of para-hydroxylation sites is 1. The van der Waals surface area contributed by atoms with Crippen molar-refractivity contribution in [1.82, 2.24) is 4.90 Å². The number of hydrogen-bond acceptors (Lipinski definition) is 3. The Morgan fingerprint density at radius 1 is 1.07 bits per heavy atom. The van der Waals surface area contributed by atoms with E-state index in [0.717, 1.165) is 39.9 Å². The van der Waals surface area contributed by atoms with Crippen LogP contribution in [0.4, 0.5) is 0 Å². The maximum Gasteiger partial charge on any atom is 0.320 e. The van der Waals surface area contributed by atoms with Crippen molar-refractivity contribution in [3.63, 3.8) is 0 Å². The molecule has 1 heterocycles. The highest BCUT2D eigenvalue weighted by atomic mass is 79.9. The number of aliphatic carboxylic acids is 1. The van der Waals surface area contributed by atoms with Crippen LogP contribution in [0.1, 0.15) is 35.6 Å². The smallest absolute Gasteiger partial charge is 0.320 e. The van der Waals surface area contributed by atoms with Crippen LogP contribution in [0.15, 0.2) is 83.3 Å². The third-order valence-electron chi connectivity index (χ3n) is 5.53. The second-order valence-electron chi connectivity index (χ2n) is 7.50. The van der Waals surface area contributed by atoms with Gasteiger partial charge >= 0.3 is 5.97 Å². The van der Waals surface area contributed by atoms with Crippen molar-refractivity contribution in [2.24, 2.45) is 0 Å². The maximum atomic E-state index is 12.0. The molecule has 1 aliphatic rings. The van der Waals surface area contributed by atoms with E-state index in [1.807, 2.05) is 66.7 Å². The van der Waals surface area contributed by atoms with Gasteiger partial charge in [-0.15, -0.1) is 0 Å². The van der Waals surface area contributed by atoms with E-state index in [2.05, 4.69) is 33.0 Å². The molecule has 5 heteroatoms. The molecular formula is C25H24BrNO3. The summed E-state index contributed by atoms with van der Waals surface area (Å²) in [5.41, 5.74) is 3.13. The molecule has 30 heavy (non-hydrogen) atoms. The molecule has 3 aromatic rings. The quantitative estimate of drug-likeness (QED) is 0.488. The molecule has 0 aliphatic carbocycles. The highest BCUT2D eigenvalue weighted by molar-refractivity contribution is 9.10. The van der Waals surface area contributed by atoms with Gasteiger partial charge in [-0.3, -0.25) is 9.69 Å². The van der Waals surface area contributed by atoms with Crippen LogP contribution in [-0.2, 0) is 11.4 Å². The number of carboxylic acid groups (broad SMARTS) is 1. The Bertz CT molecular complexity index is 1010. The van der Waals surface area contributed by atoms with Gasteiger partial charge in [0.1, 0.15) is 18.4 Å². The molecule has 1 aliphatic heterocycles. The van der Waals surface area contributed by atoms with Crippen molar-refractivity contribution >= 4 is 21.9 Å². The monoisotopic (exact) mass is 465 g/mol. The minimum absolute atomic E-state index is 0.196. The van der Waals surface area contributed by atoms with Gasteiger partial charge in [0.25, 0.3) is 0 Å². The lowest BCUT2D eigenvalue weighted by Gasteiger charge is -2.33. The van der Waals surface area contributed by atoms with E-state index in [-0.39, 0.29) is 6.04 Å². The summed E-state index contributed by atoms with van der Waals surface area (Å²) in [6, 6.07) is 25.4. The molecule has 154 valence electrons. The first-order valence-corrected chi connectivity index (χ1v) is 10.9. The fourth-order valence-electron chi connectivity index (χ4n) is 4.16. The minimum Gasteiger partial charge on any atom is -0.489 e. The molecule has 2 atom stereocenters. The standard InChI is InChI=1S/C25H24BrNO3/c26-20-11-6-10-19(16-20)24(27-15-7-13-22(27)25(28)29)21-12-4-5-14-23(21)30-17-18-8-2-1-3-9-18/h1-6,8-12,14,16,22,24H,7,13,15,17H2,(H,28,29). The van der Waals surface area contributed by atoms with Gasteiger partial charge in [-0.05, 0) is 42.2 Å². The summed E-state index contributed by atoms with van der Waals surface area (Å²) in [6.45, 7) is 1.20. The predicted molar refractivity (Wildman–Crippen MR) is 121 cm³/mol. The SMILES string of the molecule is O=C(O)C1CCCN1C(c1cccc(Br)c1)c1ccccc1OCc1ccccc1. The van der Waals surface area contributed by atoms with Crippen molar-refractivity contribution in [1.29, 1.82) is 0 Å². The van der Waals surface area contributed by atoms with Gasteiger partial charge in [0.15, 0.2) is 0 Å². The molecule has 2 unspecified atom stereocenters. The van der Waals surface area contributed by atoms with Gasteiger partial charge in [0.05, 0.1) is 6.04 Å². The molecule has 0 bridgehead atoms. The van der Waals surface area contributed by atoms with Crippen LogP contribution in [0.25, 0.3) is 0 Å². The van der Waals surface area contributed by atoms with Crippen molar-refractivity contribution in [3.8, 4) is 5.75 Å². The van der Waals surface area contributed by atoms with Gasteiger partial charge in [0.2, 0.25) is 0 Å². The van der Waals surface area contributed by atoms with Crippen molar-refractivity contribution in [3.05, 3.63) is 100 Å². The fraction of sp³-hybridized carbons (Fsp3) is 0.240. The minimum atomic E-state index is -0.768. The van der Waals surface area contributed by atoms with E-state index >= 15 is 0 Å². The molecule has 0 aromatic heterocycles. The average molecular weight is 466 g/mol. The molecule has 1 saturated heterocycles. The summed E-state index contributed by atoms with van der Waals surface area (Å²) < 4.78 is 7.20. The summed E-state index contributed by atoms with van der Waals surface area (Å²) in [5.74, 6) is 0.0116. The van der Waals surface area contributed by atoms with Gasteiger partial charge in [-0.2, -0.15) is 0 Å². The Morgan fingerprint density at radius 3 is 2.60 bits per heavy atom. The van der Waals surface area contributed by atoms with Gasteiger partial charge in [0, 0.05) is 16.6 Å². The predicted octanol–water partition coefficient (Wildman–Crippen LogP) is 5.67. The van der Waals surface area contributed by atoms with E-state index < -0.39 is 12.0 Å². The Hall–Kier alpha value is -2.63. The van der Waals surface area contributed by atoms with Crippen LogP contribution in [0.2, 0.25) is 0 Å². The molecule has 0 amide bonds. The first-order chi connectivity index (χ1) is 14.6. The first-order valence-electron chi connectivity index (χ1n) is 10.1. The first kappa shape index (κ1) is 20.6. The average Bonchev–Trinajstić information content (AvgIpc) is 3.24. The molecule has 0 spiro atoms. The Labute approximate surface area is 185 Å². The van der Waals surface area contributed by atoms with Gasteiger partial charge < -0.3 is 9.84 Å². The number of hydrogen-bond donors (Lipinski definition) is 1. The lowest BCUT2D eigenvalue weighted by atomic mass is 9.95. The number of rotatable bonds is 7. The lowest BCUT2D eigenvalue weighted by molar-refractivity contribution is -0.142. The molecule has 4 nitrogen and oxygen atoms in total. The number of carboxylic acids is 1. The van der Waals surface area contributed by atoms with E-state index in [1.54, 1.807) is 0 Å². The largest absolute Gasteiger partial charge is 0.489 e. The van der Waals surface area contributed by atoms with Gasteiger partial charge in [-0.25, -0.2) is 0 Å². The highest BCUT2D eigenvalue weighted by Crippen LogP contribution is 2.39. The summed E-state index contributed by atoms with van der Waals surface area (Å²) in [5, 5.41) is 9.82. The molecule has 4 rings (SSSR count). The normalized spacial score (nSPS) is 17.6. The van der Waals surface area contributed by atoms with Crippen LogP contribution in [0.5, 0.6) is 5.75 Å². The second kappa shape index (κ2) is 9.45. The fourth-order valence-corrected chi connectivity index (χ4v) is 4.58. The van der Waals surface area contributed by atoms with Crippen molar-refractivity contribution < 1.29 is 14.6 Å². The molecule has 3 aromatic carbocycles. The number of ether oxygens (including phenoxy) is 1.